The Morgan fingerprint density at radius 1 is 1.20 bits per heavy atom. The predicted octanol–water partition coefficient (Wildman–Crippen LogP) is 3.12. The van der Waals surface area contributed by atoms with E-state index in [1.165, 1.54) is 37.2 Å². The summed E-state index contributed by atoms with van der Waals surface area (Å²) in [6.07, 6.45) is 3.84. The fourth-order valence-electron chi connectivity index (χ4n) is 4.93. The SMILES string of the molecule is CN=C(NCC(c1cccs1)N1CCC(C)CC1)N1CCC(N2CCOCC2)C1.I. The quantitative estimate of drug-likeness (QED) is 0.349. The molecule has 0 saturated carbocycles. The van der Waals surface area contributed by atoms with Crippen LogP contribution in [0.4, 0.5) is 0 Å². The van der Waals surface area contributed by atoms with Crippen LogP contribution in [0.1, 0.15) is 37.1 Å². The standard InChI is InChI=1S/C22H37N5OS.HI/c1-18-5-8-26(9-6-18)20(21-4-3-15-29-21)16-24-22(23-2)27-10-7-19(17-27)25-11-13-28-14-12-25;/h3-4,15,18-20H,5-14,16-17H2,1-2H3,(H,23,24);1H. The smallest absolute Gasteiger partial charge is 0.193 e. The van der Waals surface area contributed by atoms with Gasteiger partial charge in [0, 0.05) is 50.7 Å². The number of nitrogens with zero attached hydrogens (tertiary/aromatic N) is 4. The summed E-state index contributed by atoms with van der Waals surface area (Å²) in [4.78, 5) is 13.8. The molecule has 0 radical (unpaired) electrons. The number of hydrogen-bond acceptors (Lipinski definition) is 5. The molecule has 6 nitrogen and oxygen atoms in total. The summed E-state index contributed by atoms with van der Waals surface area (Å²) < 4.78 is 5.52. The molecule has 0 bridgehead atoms. The lowest BCUT2D eigenvalue weighted by atomic mass is 9.97. The van der Waals surface area contributed by atoms with Crippen LogP contribution in [0.5, 0.6) is 0 Å². The zero-order chi connectivity index (χ0) is 20.1. The number of piperidine rings is 1. The van der Waals surface area contributed by atoms with Crippen LogP contribution in [-0.2, 0) is 4.74 Å². The highest BCUT2D eigenvalue weighted by molar-refractivity contribution is 14.0. The third kappa shape index (κ3) is 6.09. The topological polar surface area (TPSA) is 43.3 Å². The van der Waals surface area contributed by atoms with Crippen molar-refractivity contribution >= 4 is 41.3 Å². The molecule has 0 aliphatic carbocycles. The van der Waals surface area contributed by atoms with Gasteiger partial charge in [0.25, 0.3) is 0 Å². The monoisotopic (exact) mass is 547 g/mol. The third-order valence-corrected chi connectivity index (χ3v) is 7.79. The molecule has 3 saturated heterocycles. The Balaban J connectivity index is 0.00000256. The average Bonchev–Trinajstić information content (AvgIpc) is 3.46. The van der Waals surface area contributed by atoms with Crippen molar-refractivity contribution in [3.63, 3.8) is 0 Å². The summed E-state index contributed by atoms with van der Waals surface area (Å²) in [5.41, 5.74) is 0. The molecule has 0 aromatic carbocycles. The van der Waals surface area contributed by atoms with E-state index in [0.29, 0.717) is 12.1 Å². The molecule has 1 N–H and O–H groups in total. The first kappa shape index (κ1) is 24.2. The highest BCUT2D eigenvalue weighted by Gasteiger charge is 2.31. The van der Waals surface area contributed by atoms with Crippen LogP contribution in [0.25, 0.3) is 0 Å². The van der Waals surface area contributed by atoms with Crippen molar-refractivity contribution in [1.29, 1.82) is 0 Å². The van der Waals surface area contributed by atoms with Crippen LogP contribution < -0.4 is 5.32 Å². The minimum Gasteiger partial charge on any atom is -0.379 e. The summed E-state index contributed by atoms with van der Waals surface area (Å²) in [5, 5.41) is 5.93. The number of hydrogen-bond donors (Lipinski definition) is 1. The normalized spacial score (nSPS) is 25.9. The minimum atomic E-state index is 0. The van der Waals surface area contributed by atoms with E-state index in [1.807, 2.05) is 18.4 Å². The minimum absolute atomic E-state index is 0. The van der Waals surface area contributed by atoms with Crippen molar-refractivity contribution in [2.45, 2.75) is 38.3 Å². The van der Waals surface area contributed by atoms with Crippen molar-refractivity contribution < 1.29 is 4.74 Å². The second kappa shape index (κ2) is 12.0. The molecule has 3 aliphatic heterocycles. The second-order valence-corrected chi connectivity index (χ2v) is 9.69. The van der Waals surface area contributed by atoms with Crippen molar-refractivity contribution in [2.24, 2.45) is 10.9 Å². The van der Waals surface area contributed by atoms with Gasteiger partial charge in [0.05, 0.1) is 19.3 Å². The summed E-state index contributed by atoms with van der Waals surface area (Å²) in [5.74, 6) is 1.92. The lowest BCUT2D eigenvalue weighted by Crippen LogP contribution is -2.48. The molecule has 0 amide bonds. The molecular formula is C22H38IN5OS. The van der Waals surface area contributed by atoms with Crippen LogP contribution >= 0.6 is 35.3 Å². The zero-order valence-electron chi connectivity index (χ0n) is 18.5. The van der Waals surface area contributed by atoms with Crippen LogP contribution in [0.15, 0.2) is 22.5 Å². The summed E-state index contributed by atoms with van der Waals surface area (Å²) in [7, 11) is 1.92. The van der Waals surface area contributed by atoms with Gasteiger partial charge in [-0.2, -0.15) is 0 Å². The van der Waals surface area contributed by atoms with E-state index in [9.17, 15) is 0 Å². The Morgan fingerprint density at radius 2 is 1.97 bits per heavy atom. The number of halogens is 1. The second-order valence-electron chi connectivity index (χ2n) is 8.71. The zero-order valence-corrected chi connectivity index (χ0v) is 21.6. The number of thiophene rings is 1. The van der Waals surface area contributed by atoms with Gasteiger partial charge in [-0.25, -0.2) is 0 Å². The van der Waals surface area contributed by atoms with Crippen molar-refractivity contribution in [3.8, 4) is 0 Å². The largest absolute Gasteiger partial charge is 0.379 e. The van der Waals surface area contributed by atoms with E-state index in [2.05, 4.69) is 49.4 Å². The molecule has 1 aromatic rings. The first-order valence-electron chi connectivity index (χ1n) is 11.3. The van der Waals surface area contributed by atoms with Gasteiger partial charge in [-0.1, -0.05) is 13.0 Å². The van der Waals surface area contributed by atoms with Crippen LogP contribution in [-0.4, -0.2) is 92.8 Å². The first-order valence-corrected chi connectivity index (χ1v) is 12.2. The maximum atomic E-state index is 5.52. The maximum Gasteiger partial charge on any atom is 0.193 e. The van der Waals surface area contributed by atoms with Crippen LogP contribution in [0.2, 0.25) is 0 Å². The van der Waals surface area contributed by atoms with Gasteiger partial charge in [0.1, 0.15) is 0 Å². The van der Waals surface area contributed by atoms with Gasteiger partial charge < -0.3 is 15.0 Å². The number of ether oxygens (including phenoxy) is 1. The van der Waals surface area contributed by atoms with Gasteiger partial charge in [-0.05, 0) is 49.7 Å². The predicted molar refractivity (Wildman–Crippen MR) is 136 cm³/mol. The lowest BCUT2D eigenvalue weighted by Gasteiger charge is -2.37. The van der Waals surface area contributed by atoms with Crippen LogP contribution in [0, 0.1) is 5.92 Å². The van der Waals surface area contributed by atoms with E-state index < -0.39 is 0 Å². The van der Waals surface area contributed by atoms with Crippen molar-refractivity contribution in [2.75, 3.05) is 66.1 Å². The number of morpholine rings is 1. The fourth-order valence-corrected chi connectivity index (χ4v) is 5.79. The van der Waals surface area contributed by atoms with Gasteiger partial charge in [-0.3, -0.25) is 14.8 Å². The Hall–Kier alpha value is -0.420. The Bertz CT molecular complexity index is 644. The summed E-state index contributed by atoms with van der Waals surface area (Å²) in [6, 6.07) is 5.55. The molecule has 2 unspecified atom stereocenters. The van der Waals surface area contributed by atoms with Gasteiger partial charge >= 0.3 is 0 Å². The van der Waals surface area contributed by atoms with Gasteiger partial charge in [0.2, 0.25) is 0 Å². The number of likely N-dealkylation sites (tertiary alicyclic amines) is 2. The van der Waals surface area contributed by atoms with Gasteiger partial charge in [0.15, 0.2) is 5.96 Å². The molecule has 4 heterocycles. The third-order valence-electron chi connectivity index (χ3n) is 6.82. The molecule has 1 aromatic heterocycles. The van der Waals surface area contributed by atoms with Crippen molar-refractivity contribution in [1.82, 2.24) is 20.0 Å². The molecule has 3 fully saturated rings. The van der Waals surface area contributed by atoms with E-state index in [-0.39, 0.29) is 24.0 Å². The van der Waals surface area contributed by atoms with Crippen molar-refractivity contribution in [3.05, 3.63) is 22.4 Å². The fraction of sp³-hybridized carbons (Fsp3) is 0.773. The van der Waals surface area contributed by atoms with E-state index in [1.54, 1.807) is 0 Å². The molecule has 4 rings (SSSR count). The van der Waals surface area contributed by atoms with E-state index >= 15 is 0 Å². The molecule has 3 aliphatic rings. The van der Waals surface area contributed by atoms with E-state index in [4.69, 9.17) is 4.74 Å². The van der Waals surface area contributed by atoms with Crippen LogP contribution in [0.3, 0.4) is 0 Å². The van der Waals surface area contributed by atoms with E-state index in [0.717, 1.165) is 57.8 Å². The highest BCUT2D eigenvalue weighted by Crippen LogP contribution is 2.29. The number of aliphatic imine (C=N–C) groups is 1. The number of guanidine groups is 1. The summed E-state index contributed by atoms with van der Waals surface area (Å²) >= 11 is 1.88. The Morgan fingerprint density at radius 3 is 2.63 bits per heavy atom. The molecular weight excluding hydrogens is 509 g/mol. The Labute approximate surface area is 203 Å². The average molecular weight is 548 g/mol. The molecule has 170 valence electrons. The molecule has 8 heteroatoms. The molecule has 30 heavy (non-hydrogen) atoms. The number of nitrogens with one attached hydrogen (secondary N) is 1. The lowest BCUT2D eigenvalue weighted by molar-refractivity contribution is 0.0194. The molecule has 2 atom stereocenters. The number of rotatable bonds is 5. The highest BCUT2D eigenvalue weighted by atomic mass is 127. The summed E-state index contributed by atoms with van der Waals surface area (Å²) in [6.45, 7) is 11.8. The van der Waals surface area contributed by atoms with Gasteiger partial charge in [-0.15, -0.1) is 35.3 Å². The molecule has 0 spiro atoms. The Kier molecular flexibility index (Phi) is 9.68. The maximum absolute atomic E-state index is 5.52. The first-order chi connectivity index (χ1) is 14.2.